The molecule has 4 heterocycles. The summed E-state index contributed by atoms with van der Waals surface area (Å²) in [6.07, 6.45) is 3.08. The van der Waals surface area contributed by atoms with E-state index < -0.39 is 6.85 Å². The Hall–Kier alpha value is -4.35. The van der Waals surface area contributed by atoms with Crippen LogP contribution in [0.25, 0.3) is 59.7 Å². The molecule has 4 aromatic carbocycles. The SMILES string of the molecule is [2H]C([2H])([2H])c1ccc(-c2[c-]cccc2)nc1.[Ir].[c-]1ccc2c(sc3ccccc32)c1-c1nc2ccccc2n1-c1ccco1. The molecule has 0 saturated carbocycles. The van der Waals surface area contributed by atoms with Crippen LogP contribution >= 0.6 is 11.3 Å². The van der Waals surface area contributed by atoms with Crippen LogP contribution in [0.15, 0.2) is 126 Å². The van der Waals surface area contributed by atoms with Crippen LogP contribution in [-0.4, -0.2) is 14.5 Å². The zero-order valence-electron chi connectivity index (χ0n) is 24.5. The van der Waals surface area contributed by atoms with Crippen molar-refractivity contribution in [2.45, 2.75) is 6.85 Å². The number of fused-ring (bicyclic) bond motifs is 4. The van der Waals surface area contributed by atoms with E-state index in [4.69, 9.17) is 13.5 Å². The number of thiophene rings is 1. The number of hydrogen-bond donors (Lipinski definition) is 0. The maximum atomic E-state index is 7.23. The van der Waals surface area contributed by atoms with Gasteiger partial charge in [-0.1, -0.05) is 53.4 Å². The van der Waals surface area contributed by atoms with Crippen LogP contribution in [0.5, 0.6) is 0 Å². The van der Waals surface area contributed by atoms with Gasteiger partial charge in [0, 0.05) is 41.2 Å². The van der Waals surface area contributed by atoms with Gasteiger partial charge in [-0.3, -0.25) is 4.98 Å². The molecule has 0 unspecified atom stereocenters. The number of aryl methyl sites for hydroxylation is 1. The van der Waals surface area contributed by atoms with Crippen LogP contribution in [0, 0.1) is 19.0 Å². The third kappa shape index (κ3) is 5.14. The standard InChI is InChI=1S/C23H13N2OS.C12H10N.Ir/c1-4-12-20-15(7-1)16-8-5-9-17(22(16)27-20)23-24-18-10-2-3-11-19(18)25(23)21-13-6-14-26-21;1-10-7-8-12(13-9-10)11-5-3-2-4-6-11;/h1-8,10-14H;2-5,7-9H,1H3;/q2*-1;/i;1D3;. The van der Waals surface area contributed by atoms with Gasteiger partial charge in [-0.05, 0) is 52.5 Å². The van der Waals surface area contributed by atoms with Crippen LogP contribution in [-0.2, 0) is 20.1 Å². The summed E-state index contributed by atoms with van der Waals surface area (Å²) in [5, 5.41) is 2.51. The van der Waals surface area contributed by atoms with E-state index in [0.29, 0.717) is 0 Å². The number of hydrogen-bond acceptors (Lipinski definition) is 4. The van der Waals surface area contributed by atoms with E-state index in [1.165, 1.54) is 26.4 Å². The van der Waals surface area contributed by atoms with E-state index in [1.807, 2.05) is 54.6 Å². The number of furan rings is 1. The summed E-state index contributed by atoms with van der Waals surface area (Å²) in [7, 11) is 0. The van der Waals surface area contributed by atoms with Gasteiger partial charge in [0.25, 0.3) is 0 Å². The van der Waals surface area contributed by atoms with Crippen LogP contribution in [0.2, 0.25) is 0 Å². The van der Waals surface area contributed by atoms with E-state index >= 15 is 0 Å². The van der Waals surface area contributed by atoms with Crippen molar-refractivity contribution in [3.8, 4) is 28.5 Å². The Morgan fingerprint density at radius 3 is 2.51 bits per heavy atom. The van der Waals surface area contributed by atoms with Crippen molar-refractivity contribution in [3.05, 3.63) is 139 Å². The molecule has 6 heteroatoms. The Kier molecular flexibility index (Phi) is 6.63. The second-order valence-corrected chi connectivity index (χ2v) is 10.2. The molecular formula is C35H23IrN3OS-2. The number of imidazole rings is 1. The maximum absolute atomic E-state index is 7.23. The Morgan fingerprint density at radius 2 is 1.71 bits per heavy atom. The average Bonchev–Trinajstić information content (AvgIpc) is 3.78. The van der Waals surface area contributed by atoms with Crippen LogP contribution in [0.1, 0.15) is 9.68 Å². The minimum Gasteiger partial charge on any atom is -0.449 e. The van der Waals surface area contributed by atoms with Crippen molar-refractivity contribution in [2.75, 3.05) is 0 Å². The minimum absolute atomic E-state index is 0. The molecule has 0 fully saturated rings. The molecule has 0 aliphatic carbocycles. The van der Waals surface area contributed by atoms with Gasteiger partial charge in [0.1, 0.15) is 0 Å². The van der Waals surface area contributed by atoms with E-state index in [9.17, 15) is 0 Å². The number of rotatable bonds is 3. The van der Waals surface area contributed by atoms with E-state index in [1.54, 1.807) is 35.8 Å². The Labute approximate surface area is 259 Å². The van der Waals surface area contributed by atoms with Gasteiger partial charge < -0.3 is 14.0 Å². The fourth-order valence-corrected chi connectivity index (χ4v) is 5.97. The molecule has 0 aliphatic heterocycles. The van der Waals surface area contributed by atoms with Gasteiger partial charge in [0.05, 0.1) is 23.1 Å². The fraction of sp³-hybridized carbons (Fsp3) is 0.0286. The second-order valence-electron chi connectivity index (χ2n) is 9.11. The van der Waals surface area contributed by atoms with Crippen molar-refractivity contribution in [3.63, 3.8) is 0 Å². The molecule has 0 atom stereocenters. The molecular weight excluding hydrogens is 703 g/mol. The van der Waals surface area contributed by atoms with E-state index in [2.05, 4.69) is 58.1 Å². The molecule has 0 N–H and O–H groups in total. The summed E-state index contributed by atoms with van der Waals surface area (Å²) < 4.78 is 32.0. The number of pyridine rings is 1. The molecule has 41 heavy (non-hydrogen) atoms. The number of aromatic nitrogens is 3. The Bertz CT molecular complexity index is 2170. The maximum Gasteiger partial charge on any atom is 0.197 e. The largest absolute Gasteiger partial charge is 0.449 e. The Morgan fingerprint density at radius 1 is 0.829 bits per heavy atom. The summed E-state index contributed by atoms with van der Waals surface area (Å²) in [5.41, 5.74) is 4.81. The molecule has 0 saturated heterocycles. The Balaban J connectivity index is 0.000000174. The molecule has 8 rings (SSSR count). The number of para-hydroxylation sites is 2. The molecule has 1 radical (unpaired) electrons. The van der Waals surface area contributed by atoms with E-state index in [-0.39, 0.29) is 25.7 Å². The van der Waals surface area contributed by atoms with Gasteiger partial charge >= 0.3 is 0 Å². The first-order valence-electron chi connectivity index (χ1n) is 14.2. The van der Waals surface area contributed by atoms with Crippen LogP contribution in [0.3, 0.4) is 0 Å². The van der Waals surface area contributed by atoms with Gasteiger partial charge in [0.15, 0.2) is 5.88 Å². The zero-order valence-corrected chi connectivity index (χ0v) is 24.8. The summed E-state index contributed by atoms with van der Waals surface area (Å²) >= 11 is 1.78. The third-order valence-electron chi connectivity index (χ3n) is 6.60. The number of nitrogens with zero attached hydrogens (tertiary/aromatic N) is 3. The molecule has 0 aliphatic rings. The fourth-order valence-electron chi connectivity index (χ4n) is 4.78. The van der Waals surface area contributed by atoms with Crippen molar-refractivity contribution in [1.29, 1.82) is 0 Å². The van der Waals surface area contributed by atoms with Gasteiger partial charge in [0.2, 0.25) is 0 Å². The average molecular weight is 729 g/mol. The monoisotopic (exact) mass is 729 g/mol. The van der Waals surface area contributed by atoms with Gasteiger partial charge in [-0.2, -0.15) is 11.3 Å². The third-order valence-corrected chi connectivity index (χ3v) is 7.80. The van der Waals surface area contributed by atoms with Crippen LogP contribution in [0.4, 0.5) is 0 Å². The first kappa shape index (κ1) is 23.4. The summed E-state index contributed by atoms with van der Waals surface area (Å²) in [6, 6.07) is 41.8. The molecule has 4 aromatic heterocycles. The molecule has 0 spiro atoms. The first-order valence-corrected chi connectivity index (χ1v) is 13.6. The molecule has 201 valence electrons. The molecule has 0 bridgehead atoms. The first-order chi connectivity index (χ1) is 21.0. The summed E-state index contributed by atoms with van der Waals surface area (Å²) in [4.78, 5) is 9.06. The molecule has 0 amide bonds. The predicted molar refractivity (Wildman–Crippen MR) is 164 cm³/mol. The van der Waals surface area contributed by atoms with Crippen LogP contribution < -0.4 is 0 Å². The summed E-state index contributed by atoms with van der Waals surface area (Å²) in [5.74, 6) is 1.61. The van der Waals surface area contributed by atoms with Gasteiger partial charge in [-0.25, -0.2) is 0 Å². The van der Waals surface area contributed by atoms with E-state index in [0.717, 1.165) is 39.6 Å². The topological polar surface area (TPSA) is 43.9 Å². The summed E-state index contributed by atoms with van der Waals surface area (Å²) in [6.45, 7) is -2.09. The number of benzene rings is 4. The van der Waals surface area contributed by atoms with Crippen molar-refractivity contribution in [2.24, 2.45) is 0 Å². The van der Waals surface area contributed by atoms with Crippen molar-refractivity contribution < 1.29 is 28.6 Å². The molecule has 4 nitrogen and oxygen atoms in total. The minimum atomic E-state index is -2.09. The second kappa shape index (κ2) is 11.6. The smallest absolute Gasteiger partial charge is 0.197 e. The normalized spacial score (nSPS) is 12.2. The zero-order chi connectivity index (χ0) is 29.4. The van der Waals surface area contributed by atoms with Crippen molar-refractivity contribution >= 4 is 42.5 Å². The molecule has 8 aromatic rings. The predicted octanol–water partition coefficient (Wildman–Crippen LogP) is 9.31. The van der Waals surface area contributed by atoms with Gasteiger partial charge in [-0.15, -0.1) is 54.1 Å². The quantitative estimate of drug-likeness (QED) is 0.171. The van der Waals surface area contributed by atoms with Crippen molar-refractivity contribution in [1.82, 2.24) is 14.5 Å².